The summed E-state index contributed by atoms with van der Waals surface area (Å²) in [6, 6.07) is 0. The Hall–Kier alpha value is -1.30. The van der Waals surface area contributed by atoms with E-state index in [9.17, 15) is 0 Å². The molecule has 0 saturated heterocycles. The second kappa shape index (κ2) is 4.91. The van der Waals surface area contributed by atoms with Crippen LogP contribution in [0.3, 0.4) is 0 Å². The van der Waals surface area contributed by atoms with Crippen molar-refractivity contribution in [2.24, 2.45) is 0 Å². The maximum Gasteiger partial charge on any atom is 0.165 e. The Labute approximate surface area is 104 Å². The number of nitrogens with two attached hydrogens (primary N) is 1. The van der Waals surface area contributed by atoms with E-state index in [-0.39, 0.29) is 10.9 Å². The molecule has 2 rings (SSSR count). The van der Waals surface area contributed by atoms with Crippen LogP contribution in [0, 0.1) is 0 Å². The van der Waals surface area contributed by atoms with Gasteiger partial charge in [0.15, 0.2) is 11.5 Å². The molecule has 0 amide bonds. The van der Waals surface area contributed by atoms with E-state index in [0.29, 0.717) is 11.3 Å². The molecule has 0 bridgehead atoms. The summed E-state index contributed by atoms with van der Waals surface area (Å²) >= 11 is 0. The van der Waals surface area contributed by atoms with E-state index in [1.54, 1.807) is 6.33 Å². The lowest BCUT2D eigenvalue weighted by atomic mass is 10.3. The Morgan fingerprint density at radius 3 is 2.82 bits per heavy atom. The second-order valence-electron chi connectivity index (χ2n) is 4.47. The molecule has 6 heteroatoms. The summed E-state index contributed by atoms with van der Waals surface area (Å²) in [4.78, 5) is 12.4. The van der Waals surface area contributed by atoms with Crippen LogP contribution in [0.5, 0.6) is 0 Å². The number of aromatic nitrogens is 4. The average molecular weight is 253 g/mol. The molecule has 0 aliphatic rings. The van der Waals surface area contributed by atoms with Gasteiger partial charge in [-0.25, -0.2) is 15.0 Å². The molecule has 2 N–H and O–H groups in total. The van der Waals surface area contributed by atoms with Crippen molar-refractivity contribution in [3.63, 3.8) is 0 Å². The van der Waals surface area contributed by atoms with Crippen molar-refractivity contribution in [1.82, 2.24) is 19.5 Å². The predicted octanol–water partition coefficient (Wildman–Crippen LogP) is 1.45. The molecule has 2 heterocycles. The van der Waals surface area contributed by atoms with Gasteiger partial charge in [-0.15, -0.1) is 0 Å². The topological polar surface area (TPSA) is 69.6 Å². The van der Waals surface area contributed by atoms with Crippen LogP contribution in [0.1, 0.15) is 13.3 Å². The average Bonchev–Trinajstić information content (AvgIpc) is 2.70. The lowest BCUT2D eigenvalue weighted by molar-refractivity contribution is 0.649. The molecule has 0 saturated carbocycles. The molecule has 0 aliphatic carbocycles. The molecule has 0 radical (unpaired) electrons. The van der Waals surface area contributed by atoms with Gasteiger partial charge < -0.3 is 10.3 Å². The molecule has 0 aliphatic heterocycles. The van der Waals surface area contributed by atoms with Crippen LogP contribution in [-0.2, 0) is 6.54 Å². The largest absolute Gasteiger partial charge is 0.382 e. The SMILES string of the molecule is CC(CCn1cnc2c(N)ncnc21)[SH](C)C. The Bertz CT molecular complexity index is 508. The highest BCUT2D eigenvalue weighted by molar-refractivity contribution is 8.16. The van der Waals surface area contributed by atoms with Crippen LogP contribution in [0.4, 0.5) is 5.82 Å². The third kappa shape index (κ3) is 2.52. The summed E-state index contributed by atoms with van der Waals surface area (Å²) < 4.78 is 2.06. The van der Waals surface area contributed by atoms with Crippen LogP contribution in [-0.4, -0.2) is 37.3 Å². The summed E-state index contributed by atoms with van der Waals surface area (Å²) in [7, 11) is 0.116. The molecule has 1 atom stereocenters. The molecule has 0 fully saturated rings. The van der Waals surface area contributed by atoms with Gasteiger partial charge in [-0.05, 0) is 24.2 Å². The predicted molar refractivity (Wildman–Crippen MR) is 74.6 cm³/mol. The zero-order chi connectivity index (χ0) is 12.4. The van der Waals surface area contributed by atoms with Crippen LogP contribution in [0.25, 0.3) is 11.2 Å². The van der Waals surface area contributed by atoms with E-state index < -0.39 is 0 Å². The van der Waals surface area contributed by atoms with Gasteiger partial charge in [0.25, 0.3) is 0 Å². The lowest BCUT2D eigenvalue weighted by Crippen LogP contribution is -2.07. The minimum atomic E-state index is 0.116. The minimum absolute atomic E-state index is 0.116. The monoisotopic (exact) mass is 253 g/mol. The number of imidazole rings is 1. The normalized spacial score (nSPS) is 13.9. The van der Waals surface area contributed by atoms with E-state index in [1.807, 2.05) is 0 Å². The molecule has 2 aromatic heterocycles. The highest BCUT2D eigenvalue weighted by atomic mass is 32.2. The number of nitrogen functional groups attached to an aromatic ring is 1. The fraction of sp³-hybridized carbons (Fsp3) is 0.545. The van der Waals surface area contributed by atoms with Crippen LogP contribution >= 0.6 is 10.9 Å². The van der Waals surface area contributed by atoms with Crippen molar-refractivity contribution < 1.29 is 0 Å². The molecule has 5 nitrogen and oxygen atoms in total. The first kappa shape index (κ1) is 12.2. The molecule has 0 aromatic carbocycles. The Balaban J connectivity index is 2.17. The lowest BCUT2D eigenvalue weighted by Gasteiger charge is -2.19. The summed E-state index contributed by atoms with van der Waals surface area (Å²) in [6.45, 7) is 3.24. The quantitative estimate of drug-likeness (QED) is 0.809. The number of thiol groups is 1. The number of hydrogen-bond donors (Lipinski definition) is 2. The fourth-order valence-corrected chi connectivity index (χ4v) is 2.28. The third-order valence-electron chi connectivity index (χ3n) is 3.10. The fourth-order valence-electron chi connectivity index (χ4n) is 1.65. The highest BCUT2D eigenvalue weighted by Gasteiger charge is 2.09. The summed E-state index contributed by atoms with van der Waals surface area (Å²) in [5.41, 5.74) is 7.29. The third-order valence-corrected chi connectivity index (χ3v) is 5.12. The Kier molecular flexibility index (Phi) is 3.51. The van der Waals surface area contributed by atoms with E-state index in [0.717, 1.165) is 23.9 Å². The molecule has 94 valence electrons. The van der Waals surface area contributed by atoms with Gasteiger partial charge in [0, 0.05) is 6.54 Å². The smallest absolute Gasteiger partial charge is 0.165 e. The first-order chi connectivity index (χ1) is 8.09. The molecule has 2 aromatic rings. The molecule has 1 unspecified atom stereocenters. The molecule has 17 heavy (non-hydrogen) atoms. The van der Waals surface area contributed by atoms with Crippen molar-refractivity contribution >= 4 is 27.9 Å². The maximum atomic E-state index is 5.75. The first-order valence-electron chi connectivity index (χ1n) is 5.67. The first-order valence-corrected chi connectivity index (χ1v) is 7.98. The van der Waals surface area contributed by atoms with Gasteiger partial charge in [-0.2, -0.15) is 0 Å². The number of hydrogen-bond acceptors (Lipinski definition) is 4. The van der Waals surface area contributed by atoms with Crippen molar-refractivity contribution in [2.45, 2.75) is 25.1 Å². The number of rotatable bonds is 4. The standard InChI is InChI=1S/C11H19N5S/c1-8(17(2)3)4-5-16-7-15-9-10(12)13-6-14-11(9)16/h6-8,17H,4-5H2,1-3H3,(H2,12,13,14). The number of aryl methyl sites for hydroxylation is 1. The van der Waals surface area contributed by atoms with Crippen LogP contribution in [0.15, 0.2) is 12.7 Å². The zero-order valence-corrected chi connectivity index (χ0v) is 11.4. The highest BCUT2D eigenvalue weighted by Crippen LogP contribution is 2.25. The van der Waals surface area contributed by atoms with Crippen LogP contribution < -0.4 is 5.73 Å². The van der Waals surface area contributed by atoms with E-state index in [1.165, 1.54) is 6.33 Å². The van der Waals surface area contributed by atoms with Gasteiger partial charge in [-0.1, -0.05) is 6.92 Å². The van der Waals surface area contributed by atoms with Gasteiger partial charge in [0.05, 0.1) is 6.33 Å². The number of nitrogens with zero attached hydrogens (tertiary/aromatic N) is 4. The van der Waals surface area contributed by atoms with Gasteiger partial charge in [0.1, 0.15) is 11.8 Å². The maximum absolute atomic E-state index is 5.75. The van der Waals surface area contributed by atoms with Crippen molar-refractivity contribution in [3.8, 4) is 0 Å². The van der Waals surface area contributed by atoms with Gasteiger partial charge >= 0.3 is 0 Å². The Morgan fingerprint density at radius 2 is 2.12 bits per heavy atom. The van der Waals surface area contributed by atoms with Crippen LogP contribution in [0.2, 0.25) is 0 Å². The number of anilines is 1. The van der Waals surface area contributed by atoms with E-state index in [2.05, 4.69) is 39.0 Å². The second-order valence-corrected chi connectivity index (χ2v) is 7.28. The molecular weight excluding hydrogens is 234 g/mol. The number of fused-ring (bicyclic) bond motifs is 1. The van der Waals surface area contributed by atoms with Gasteiger partial charge in [-0.3, -0.25) is 10.9 Å². The van der Waals surface area contributed by atoms with E-state index >= 15 is 0 Å². The van der Waals surface area contributed by atoms with E-state index in [4.69, 9.17) is 5.73 Å². The van der Waals surface area contributed by atoms with Crippen molar-refractivity contribution in [2.75, 3.05) is 18.2 Å². The van der Waals surface area contributed by atoms with Crippen molar-refractivity contribution in [3.05, 3.63) is 12.7 Å². The summed E-state index contributed by atoms with van der Waals surface area (Å²) in [5, 5.41) is 0.752. The molecular formula is C11H19N5S. The molecule has 0 spiro atoms. The van der Waals surface area contributed by atoms with Crippen molar-refractivity contribution in [1.29, 1.82) is 0 Å². The summed E-state index contributed by atoms with van der Waals surface area (Å²) in [6.07, 6.45) is 9.06. The zero-order valence-electron chi connectivity index (χ0n) is 10.5. The Morgan fingerprint density at radius 1 is 1.35 bits per heavy atom. The minimum Gasteiger partial charge on any atom is -0.382 e. The summed E-state index contributed by atoms with van der Waals surface area (Å²) in [5.74, 6) is 0.454. The van der Waals surface area contributed by atoms with Gasteiger partial charge in [0.2, 0.25) is 0 Å².